The third kappa shape index (κ3) is 3.01. The Morgan fingerprint density at radius 1 is 1.24 bits per heavy atom. The zero-order chi connectivity index (χ0) is 12.3. The highest BCUT2D eigenvalue weighted by molar-refractivity contribution is 5.52. The molecule has 1 aromatic rings. The second kappa shape index (κ2) is 5.54. The highest BCUT2D eigenvalue weighted by atomic mass is 15.1. The molecule has 0 saturated heterocycles. The maximum Gasteiger partial charge on any atom is 0.0393 e. The number of para-hydroxylation sites is 1. The van der Waals surface area contributed by atoms with Gasteiger partial charge in [-0.1, -0.05) is 31.0 Å². The summed E-state index contributed by atoms with van der Waals surface area (Å²) in [6.07, 6.45) is 5.15. The van der Waals surface area contributed by atoms with E-state index in [-0.39, 0.29) is 0 Å². The van der Waals surface area contributed by atoms with Crippen LogP contribution < -0.4 is 10.6 Å². The van der Waals surface area contributed by atoms with E-state index >= 15 is 0 Å². The number of hydrogen-bond acceptors (Lipinski definition) is 2. The van der Waals surface area contributed by atoms with E-state index in [2.05, 4.69) is 43.1 Å². The molecule has 2 heteroatoms. The SMILES string of the molecule is Cc1ccccc1N(C)CC1CCCCC1N. The van der Waals surface area contributed by atoms with Gasteiger partial charge in [0.15, 0.2) is 0 Å². The van der Waals surface area contributed by atoms with Crippen molar-refractivity contribution in [3.8, 4) is 0 Å². The van der Waals surface area contributed by atoms with Gasteiger partial charge in [-0.15, -0.1) is 0 Å². The molecule has 2 nitrogen and oxygen atoms in total. The molecule has 2 N–H and O–H groups in total. The van der Waals surface area contributed by atoms with Crippen LogP contribution in [0.15, 0.2) is 24.3 Å². The van der Waals surface area contributed by atoms with Gasteiger partial charge in [0.25, 0.3) is 0 Å². The lowest BCUT2D eigenvalue weighted by Gasteiger charge is -2.33. The van der Waals surface area contributed by atoms with Crippen molar-refractivity contribution in [1.82, 2.24) is 0 Å². The van der Waals surface area contributed by atoms with Crippen LogP contribution in [0.1, 0.15) is 31.2 Å². The third-order valence-corrected chi connectivity index (χ3v) is 4.00. The lowest BCUT2D eigenvalue weighted by molar-refractivity contribution is 0.312. The molecule has 0 heterocycles. The van der Waals surface area contributed by atoms with Gasteiger partial charge in [0, 0.05) is 25.3 Å². The third-order valence-electron chi connectivity index (χ3n) is 4.00. The first kappa shape index (κ1) is 12.4. The van der Waals surface area contributed by atoms with Crippen LogP contribution in [0.5, 0.6) is 0 Å². The Morgan fingerprint density at radius 2 is 1.94 bits per heavy atom. The smallest absolute Gasteiger partial charge is 0.0393 e. The fourth-order valence-corrected chi connectivity index (χ4v) is 2.90. The molecule has 0 aromatic heterocycles. The molecule has 1 aromatic carbocycles. The van der Waals surface area contributed by atoms with Gasteiger partial charge in [0.2, 0.25) is 0 Å². The zero-order valence-corrected chi connectivity index (χ0v) is 11.0. The van der Waals surface area contributed by atoms with Crippen LogP contribution in [0, 0.1) is 12.8 Å². The molecule has 0 aliphatic heterocycles. The highest BCUT2D eigenvalue weighted by Gasteiger charge is 2.23. The zero-order valence-electron chi connectivity index (χ0n) is 11.0. The summed E-state index contributed by atoms with van der Waals surface area (Å²) in [6, 6.07) is 8.98. The highest BCUT2D eigenvalue weighted by Crippen LogP contribution is 2.26. The standard InChI is InChI=1S/C15H24N2/c1-12-7-3-6-10-15(12)17(2)11-13-8-4-5-9-14(13)16/h3,6-7,10,13-14H,4-5,8-9,11,16H2,1-2H3. The van der Waals surface area contributed by atoms with E-state index < -0.39 is 0 Å². The van der Waals surface area contributed by atoms with Crippen LogP contribution in [0.2, 0.25) is 0 Å². The fourth-order valence-electron chi connectivity index (χ4n) is 2.90. The van der Waals surface area contributed by atoms with Crippen molar-refractivity contribution in [2.45, 2.75) is 38.6 Å². The topological polar surface area (TPSA) is 29.3 Å². The van der Waals surface area contributed by atoms with Gasteiger partial charge in [-0.05, 0) is 37.3 Å². The van der Waals surface area contributed by atoms with Crippen molar-refractivity contribution < 1.29 is 0 Å². The van der Waals surface area contributed by atoms with E-state index in [1.54, 1.807) is 0 Å². The molecule has 0 radical (unpaired) electrons. The average molecular weight is 232 g/mol. The van der Waals surface area contributed by atoms with Gasteiger partial charge in [0.05, 0.1) is 0 Å². The number of hydrogen-bond donors (Lipinski definition) is 1. The Bertz CT molecular complexity index is 362. The van der Waals surface area contributed by atoms with Crippen molar-refractivity contribution in [3.63, 3.8) is 0 Å². The van der Waals surface area contributed by atoms with E-state index in [0.29, 0.717) is 12.0 Å². The summed E-state index contributed by atoms with van der Waals surface area (Å²) >= 11 is 0. The second-order valence-corrected chi connectivity index (χ2v) is 5.38. The molecule has 2 rings (SSSR count). The predicted molar refractivity (Wildman–Crippen MR) is 74.4 cm³/mol. The van der Waals surface area contributed by atoms with Crippen molar-refractivity contribution in [3.05, 3.63) is 29.8 Å². The van der Waals surface area contributed by atoms with Crippen LogP contribution in [0.4, 0.5) is 5.69 Å². The van der Waals surface area contributed by atoms with Gasteiger partial charge < -0.3 is 10.6 Å². The van der Waals surface area contributed by atoms with Gasteiger partial charge in [-0.3, -0.25) is 0 Å². The van der Waals surface area contributed by atoms with Crippen LogP contribution in [-0.4, -0.2) is 19.6 Å². The van der Waals surface area contributed by atoms with Gasteiger partial charge in [0.1, 0.15) is 0 Å². The van der Waals surface area contributed by atoms with E-state index in [1.807, 2.05) is 0 Å². The molecule has 1 fully saturated rings. The number of benzene rings is 1. The van der Waals surface area contributed by atoms with Crippen LogP contribution >= 0.6 is 0 Å². The molecular formula is C15H24N2. The van der Waals surface area contributed by atoms with Crippen molar-refractivity contribution >= 4 is 5.69 Å². The fraction of sp³-hybridized carbons (Fsp3) is 0.600. The first-order valence-electron chi connectivity index (χ1n) is 6.71. The molecule has 94 valence electrons. The van der Waals surface area contributed by atoms with Crippen molar-refractivity contribution in [2.24, 2.45) is 11.7 Å². The molecule has 1 aliphatic carbocycles. The Kier molecular flexibility index (Phi) is 4.06. The number of aryl methyl sites for hydroxylation is 1. The summed E-state index contributed by atoms with van der Waals surface area (Å²) < 4.78 is 0. The summed E-state index contributed by atoms with van der Waals surface area (Å²) in [7, 11) is 2.18. The summed E-state index contributed by atoms with van der Waals surface area (Å²) in [5.41, 5.74) is 8.90. The number of nitrogens with two attached hydrogens (primary N) is 1. The van der Waals surface area contributed by atoms with E-state index in [0.717, 1.165) is 6.54 Å². The Morgan fingerprint density at radius 3 is 2.65 bits per heavy atom. The Labute approximate surface area is 105 Å². The molecule has 2 unspecified atom stereocenters. The lowest BCUT2D eigenvalue weighted by atomic mass is 9.84. The summed E-state index contributed by atoms with van der Waals surface area (Å²) in [6.45, 7) is 3.26. The molecular weight excluding hydrogens is 208 g/mol. The number of anilines is 1. The molecule has 1 saturated carbocycles. The minimum atomic E-state index is 0.398. The normalized spacial score (nSPS) is 24.6. The quantitative estimate of drug-likeness (QED) is 0.868. The maximum atomic E-state index is 6.22. The molecule has 2 atom stereocenters. The Balaban J connectivity index is 2.01. The van der Waals surface area contributed by atoms with Crippen molar-refractivity contribution in [1.29, 1.82) is 0 Å². The van der Waals surface area contributed by atoms with Gasteiger partial charge in [-0.2, -0.15) is 0 Å². The maximum absolute atomic E-state index is 6.22. The largest absolute Gasteiger partial charge is 0.374 e. The number of rotatable bonds is 3. The molecule has 1 aliphatic rings. The van der Waals surface area contributed by atoms with E-state index in [1.165, 1.54) is 36.9 Å². The first-order chi connectivity index (χ1) is 8.18. The van der Waals surface area contributed by atoms with E-state index in [9.17, 15) is 0 Å². The van der Waals surface area contributed by atoms with Gasteiger partial charge in [-0.25, -0.2) is 0 Å². The van der Waals surface area contributed by atoms with Crippen LogP contribution in [0.3, 0.4) is 0 Å². The lowest BCUT2D eigenvalue weighted by Crippen LogP contribution is -2.40. The minimum absolute atomic E-state index is 0.398. The summed E-state index contributed by atoms with van der Waals surface area (Å²) in [4.78, 5) is 2.37. The molecule has 0 bridgehead atoms. The number of nitrogens with zero attached hydrogens (tertiary/aromatic N) is 1. The first-order valence-corrected chi connectivity index (χ1v) is 6.71. The molecule has 17 heavy (non-hydrogen) atoms. The summed E-state index contributed by atoms with van der Waals surface area (Å²) in [5.74, 6) is 0.661. The molecule has 0 spiro atoms. The summed E-state index contributed by atoms with van der Waals surface area (Å²) in [5, 5.41) is 0. The average Bonchev–Trinajstić information content (AvgIpc) is 2.32. The van der Waals surface area contributed by atoms with Crippen molar-refractivity contribution in [2.75, 3.05) is 18.5 Å². The predicted octanol–water partition coefficient (Wildman–Crippen LogP) is 2.95. The molecule has 0 amide bonds. The monoisotopic (exact) mass is 232 g/mol. The van der Waals surface area contributed by atoms with Crippen LogP contribution in [0.25, 0.3) is 0 Å². The van der Waals surface area contributed by atoms with Crippen LogP contribution in [-0.2, 0) is 0 Å². The Hall–Kier alpha value is -1.02. The second-order valence-electron chi connectivity index (χ2n) is 5.38. The minimum Gasteiger partial charge on any atom is -0.374 e. The van der Waals surface area contributed by atoms with E-state index in [4.69, 9.17) is 5.73 Å². The van der Waals surface area contributed by atoms with Gasteiger partial charge >= 0.3 is 0 Å².